The Morgan fingerprint density at radius 3 is 1.89 bits per heavy atom. The average Bonchev–Trinajstić information content (AvgIpc) is 2.22. The Morgan fingerprint density at radius 2 is 1.44 bits per heavy atom. The summed E-state index contributed by atoms with van der Waals surface area (Å²) >= 11 is 0. The fourth-order valence-corrected chi connectivity index (χ4v) is 1.83. The molecular formula is C17H28O. The molecule has 0 aliphatic carbocycles. The zero-order chi connectivity index (χ0) is 13.8. The molecule has 0 aliphatic heterocycles. The molecule has 0 aliphatic rings. The summed E-state index contributed by atoms with van der Waals surface area (Å²) in [5, 5.41) is 0. The lowest BCUT2D eigenvalue weighted by Gasteiger charge is -2.20. The summed E-state index contributed by atoms with van der Waals surface area (Å²) < 4.78 is 5.73. The van der Waals surface area contributed by atoms with Crippen molar-refractivity contribution in [3.05, 3.63) is 35.4 Å². The van der Waals surface area contributed by atoms with Crippen molar-refractivity contribution >= 4 is 0 Å². The molecule has 0 aromatic heterocycles. The zero-order valence-electron chi connectivity index (χ0n) is 12.8. The van der Waals surface area contributed by atoms with Crippen LogP contribution in [0, 0.1) is 0 Å². The molecule has 0 saturated carbocycles. The molecule has 102 valence electrons. The highest BCUT2D eigenvalue weighted by Gasteiger charge is 2.13. The number of aryl methyl sites for hydroxylation is 1. The molecule has 0 N–H and O–H groups in total. The minimum Gasteiger partial charge on any atom is -0.376 e. The van der Waals surface area contributed by atoms with Crippen molar-refractivity contribution < 1.29 is 4.74 Å². The van der Waals surface area contributed by atoms with Crippen LogP contribution in [0.5, 0.6) is 0 Å². The second-order valence-electron chi connectivity index (χ2n) is 7.01. The van der Waals surface area contributed by atoms with Crippen LogP contribution >= 0.6 is 0 Å². The van der Waals surface area contributed by atoms with Gasteiger partial charge in [-0.25, -0.2) is 0 Å². The van der Waals surface area contributed by atoms with Gasteiger partial charge in [0.05, 0.1) is 5.60 Å². The van der Waals surface area contributed by atoms with Gasteiger partial charge in [0.15, 0.2) is 0 Å². The molecule has 1 nitrogen and oxygen atoms in total. The van der Waals surface area contributed by atoms with Crippen LogP contribution in [0.25, 0.3) is 0 Å². The van der Waals surface area contributed by atoms with Crippen molar-refractivity contribution in [3.8, 4) is 0 Å². The van der Waals surface area contributed by atoms with E-state index in [1.54, 1.807) is 0 Å². The molecule has 0 bridgehead atoms. The van der Waals surface area contributed by atoms with E-state index in [1.165, 1.54) is 11.1 Å². The van der Waals surface area contributed by atoms with E-state index in [0.717, 1.165) is 19.4 Å². The quantitative estimate of drug-likeness (QED) is 0.700. The van der Waals surface area contributed by atoms with E-state index >= 15 is 0 Å². The first-order valence-electron chi connectivity index (χ1n) is 6.92. The van der Waals surface area contributed by atoms with Crippen LogP contribution in [0.1, 0.15) is 59.1 Å². The Hall–Kier alpha value is -0.820. The highest BCUT2D eigenvalue weighted by atomic mass is 16.5. The van der Waals surface area contributed by atoms with Crippen LogP contribution in [0.15, 0.2) is 24.3 Å². The second-order valence-corrected chi connectivity index (χ2v) is 7.01. The summed E-state index contributed by atoms with van der Waals surface area (Å²) in [5.41, 5.74) is 3.03. The minimum atomic E-state index is -0.0178. The van der Waals surface area contributed by atoms with Crippen molar-refractivity contribution in [2.45, 2.75) is 65.4 Å². The van der Waals surface area contributed by atoms with Gasteiger partial charge in [-0.1, -0.05) is 45.0 Å². The van der Waals surface area contributed by atoms with Crippen LogP contribution in [0.4, 0.5) is 0 Å². The maximum absolute atomic E-state index is 5.73. The molecule has 0 radical (unpaired) electrons. The summed E-state index contributed by atoms with van der Waals surface area (Å²) in [6.07, 6.45) is 2.19. The van der Waals surface area contributed by atoms with Gasteiger partial charge in [0.25, 0.3) is 0 Å². The molecule has 0 fully saturated rings. The normalized spacial score (nSPS) is 12.8. The number of hydrogen-bond donors (Lipinski definition) is 0. The molecular weight excluding hydrogens is 220 g/mol. The lowest BCUT2D eigenvalue weighted by atomic mass is 9.86. The van der Waals surface area contributed by atoms with Gasteiger partial charge in [0.1, 0.15) is 0 Å². The third kappa shape index (κ3) is 5.68. The maximum Gasteiger partial charge on any atom is 0.0598 e. The van der Waals surface area contributed by atoms with Crippen LogP contribution in [-0.4, -0.2) is 12.2 Å². The van der Waals surface area contributed by atoms with Gasteiger partial charge in [0, 0.05) is 6.61 Å². The molecule has 0 atom stereocenters. The van der Waals surface area contributed by atoms with Gasteiger partial charge in [-0.3, -0.25) is 0 Å². The monoisotopic (exact) mass is 248 g/mol. The topological polar surface area (TPSA) is 9.23 Å². The molecule has 0 unspecified atom stereocenters. The SMILES string of the molecule is CC(C)(C)OCCCc1ccc(C(C)(C)C)cc1. The van der Waals surface area contributed by atoms with Crippen molar-refractivity contribution in [2.75, 3.05) is 6.61 Å². The maximum atomic E-state index is 5.73. The Balaban J connectivity index is 2.41. The summed E-state index contributed by atoms with van der Waals surface area (Å²) in [4.78, 5) is 0. The molecule has 0 amide bonds. The molecule has 18 heavy (non-hydrogen) atoms. The smallest absolute Gasteiger partial charge is 0.0598 e. The molecule has 1 aromatic carbocycles. The molecule has 1 rings (SSSR count). The molecule has 0 spiro atoms. The van der Waals surface area contributed by atoms with Crippen molar-refractivity contribution in [1.82, 2.24) is 0 Å². The fourth-order valence-electron chi connectivity index (χ4n) is 1.83. The van der Waals surface area contributed by atoms with E-state index in [-0.39, 0.29) is 11.0 Å². The van der Waals surface area contributed by atoms with Gasteiger partial charge in [-0.15, -0.1) is 0 Å². The summed E-state index contributed by atoms with van der Waals surface area (Å²) in [7, 11) is 0. The van der Waals surface area contributed by atoms with Crippen molar-refractivity contribution in [3.63, 3.8) is 0 Å². The van der Waals surface area contributed by atoms with E-state index < -0.39 is 0 Å². The van der Waals surface area contributed by atoms with Crippen molar-refractivity contribution in [2.24, 2.45) is 0 Å². The highest BCUT2D eigenvalue weighted by Crippen LogP contribution is 2.22. The Labute approximate surface area is 113 Å². The predicted octanol–water partition coefficient (Wildman–Crippen LogP) is 4.73. The van der Waals surface area contributed by atoms with Gasteiger partial charge in [-0.2, -0.15) is 0 Å². The second kappa shape index (κ2) is 5.88. The van der Waals surface area contributed by atoms with Gasteiger partial charge in [-0.05, 0) is 50.2 Å². The van der Waals surface area contributed by atoms with Crippen LogP contribution < -0.4 is 0 Å². The predicted molar refractivity (Wildman–Crippen MR) is 79.2 cm³/mol. The van der Waals surface area contributed by atoms with E-state index in [4.69, 9.17) is 4.74 Å². The number of benzene rings is 1. The lowest BCUT2D eigenvalue weighted by molar-refractivity contribution is -0.00384. The largest absolute Gasteiger partial charge is 0.376 e. The average molecular weight is 248 g/mol. The standard InChI is InChI=1S/C17H28O/c1-16(2,3)15-11-9-14(10-12-15)8-7-13-18-17(4,5)6/h9-12H,7-8,13H2,1-6H3. The minimum absolute atomic E-state index is 0.0178. The third-order valence-corrected chi connectivity index (χ3v) is 2.96. The van der Waals surface area contributed by atoms with Gasteiger partial charge < -0.3 is 4.74 Å². The summed E-state index contributed by atoms with van der Waals surface area (Å²) in [6.45, 7) is 13.9. The number of rotatable bonds is 4. The van der Waals surface area contributed by atoms with Crippen LogP contribution in [0.2, 0.25) is 0 Å². The van der Waals surface area contributed by atoms with E-state index in [0.29, 0.717) is 0 Å². The molecule has 0 saturated heterocycles. The summed E-state index contributed by atoms with van der Waals surface area (Å²) in [6, 6.07) is 9.00. The lowest BCUT2D eigenvalue weighted by Crippen LogP contribution is -2.19. The van der Waals surface area contributed by atoms with Gasteiger partial charge >= 0.3 is 0 Å². The van der Waals surface area contributed by atoms with E-state index in [2.05, 4.69) is 65.8 Å². The number of hydrogen-bond acceptors (Lipinski definition) is 1. The zero-order valence-corrected chi connectivity index (χ0v) is 12.8. The van der Waals surface area contributed by atoms with Crippen molar-refractivity contribution in [1.29, 1.82) is 0 Å². The third-order valence-electron chi connectivity index (χ3n) is 2.96. The molecule has 0 heterocycles. The first-order chi connectivity index (χ1) is 8.18. The first-order valence-corrected chi connectivity index (χ1v) is 6.92. The van der Waals surface area contributed by atoms with E-state index in [9.17, 15) is 0 Å². The summed E-state index contributed by atoms with van der Waals surface area (Å²) in [5.74, 6) is 0. The van der Waals surface area contributed by atoms with E-state index in [1.807, 2.05) is 0 Å². The Morgan fingerprint density at radius 1 is 0.889 bits per heavy atom. The molecule has 1 heteroatoms. The number of ether oxygens (including phenoxy) is 1. The molecule has 1 aromatic rings. The Kier molecular flexibility index (Phi) is 4.98. The van der Waals surface area contributed by atoms with Gasteiger partial charge in [0.2, 0.25) is 0 Å². The van der Waals surface area contributed by atoms with Crippen LogP contribution in [-0.2, 0) is 16.6 Å². The van der Waals surface area contributed by atoms with Crippen LogP contribution in [0.3, 0.4) is 0 Å². The Bertz CT molecular complexity index is 349. The fraction of sp³-hybridized carbons (Fsp3) is 0.647. The highest BCUT2D eigenvalue weighted by molar-refractivity contribution is 5.27. The first kappa shape index (κ1) is 15.2.